The fraction of sp³-hybridized carbons (Fsp3) is 0.625. The molecule has 0 spiro atoms. The highest BCUT2D eigenvalue weighted by Crippen LogP contribution is 1.97. The molecule has 0 amide bonds. The van der Waals surface area contributed by atoms with Crippen LogP contribution in [0.15, 0.2) is 12.2 Å². The fourth-order valence-corrected chi connectivity index (χ4v) is 2.99. The average molecular weight is 202 g/mol. The maximum atomic E-state index is 10.9. The predicted molar refractivity (Wildman–Crippen MR) is 58.1 cm³/mol. The Morgan fingerprint density at radius 3 is 2.67 bits per heavy atom. The van der Waals surface area contributed by atoms with Crippen molar-refractivity contribution >= 4 is 24.0 Å². The van der Waals surface area contributed by atoms with Gasteiger partial charge in [-0.15, -0.1) is 0 Å². The van der Waals surface area contributed by atoms with E-state index in [-0.39, 0.29) is 14.3 Å². The summed E-state index contributed by atoms with van der Waals surface area (Å²) in [6.45, 7) is 8.11. The number of ether oxygens (including phenoxy) is 1. The highest BCUT2D eigenvalue weighted by Gasteiger charge is 2.02. The van der Waals surface area contributed by atoms with Crippen molar-refractivity contribution in [2.45, 2.75) is 25.9 Å². The molecule has 0 N–H and O–H groups in total. The highest BCUT2D eigenvalue weighted by molar-refractivity contribution is 7.02. The van der Waals surface area contributed by atoms with Crippen molar-refractivity contribution in [1.82, 2.24) is 0 Å². The van der Waals surface area contributed by atoms with Crippen LogP contribution in [0.5, 0.6) is 0 Å². The Hall–Kier alpha value is -0.356. The van der Waals surface area contributed by atoms with Gasteiger partial charge in [-0.25, -0.2) is 4.79 Å². The number of carbonyl (C=O) groups excluding carboxylic acids is 1. The van der Waals surface area contributed by atoms with Crippen LogP contribution in [-0.2, 0) is 9.53 Å². The van der Waals surface area contributed by atoms with Crippen LogP contribution in [0.3, 0.4) is 0 Å². The lowest BCUT2D eigenvalue weighted by Gasteiger charge is -2.04. The van der Waals surface area contributed by atoms with Crippen LogP contribution >= 0.6 is 0 Å². The van der Waals surface area contributed by atoms with E-state index < -0.39 is 0 Å². The van der Waals surface area contributed by atoms with E-state index in [4.69, 9.17) is 4.74 Å². The minimum atomic E-state index is -0.333. The topological polar surface area (TPSA) is 26.3 Å². The van der Waals surface area contributed by atoms with Gasteiger partial charge in [-0.3, -0.25) is 0 Å². The number of esters is 1. The average Bonchev–Trinajstić information content (AvgIpc) is 1.97. The molecule has 0 aliphatic heterocycles. The lowest BCUT2D eigenvalue weighted by atomic mass is 10.4. The Labute approximate surface area is 78.8 Å². The summed E-state index contributed by atoms with van der Waals surface area (Å²) in [4.78, 5) is 10.9. The largest absolute Gasteiger partial charge is 0.462 e. The molecule has 0 aliphatic carbocycles. The van der Waals surface area contributed by atoms with E-state index in [2.05, 4.69) is 13.1 Å². The first kappa shape index (κ1) is 11.6. The van der Waals surface area contributed by atoms with E-state index >= 15 is 0 Å². The number of hydrogen-bond donors (Lipinski definition) is 0. The van der Waals surface area contributed by atoms with Crippen molar-refractivity contribution in [3.8, 4) is 0 Å². The molecule has 0 radical (unpaired) electrons. The van der Waals surface area contributed by atoms with Crippen LogP contribution < -0.4 is 0 Å². The lowest BCUT2D eigenvalue weighted by molar-refractivity contribution is -0.138. The minimum absolute atomic E-state index is 0.252. The summed E-state index contributed by atoms with van der Waals surface area (Å²) in [5.41, 5.74) is 0.492. The number of carbonyl (C=O) groups is 1. The molecule has 0 fully saturated rings. The zero-order valence-electron chi connectivity index (χ0n) is 8.22. The molecule has 0 heterocycles. The summed E-state index contributed by atoms with van der Waals surface area (Å²) in [6, 6.07) is 1.30. The van der Waals surface area contributed by atoms with E-state index in [0.29, 0.717) is 12.2 Å². The summed E-state index contributed by atoms with van der Waals surface area (Å²) in [5.74, 6) is -0.252. The second kappa shape index (κ2) is 6.19. The first-order chi connectivity index (χ1) is 5.54. The summed E-state index contributed by atoms with van der Waals surface area (Å²) in [7, 11) is 1.03. The molecule has 0 bridgehead atoms. The maximum absolute atomic E-state index is 10.9. The molecule has 0 rings (SSSR count). The first-order valence-corrected chi connectivity index (χ1v) is 11.0. The Morgan fingerprint density at radius 2 is 2.25 bits per heavy atom. The van der Waals surface area contributed by atoms with E-state index in [9.17, 15) is 4.79 Å². The number of hydrogen-bond acceptors (Lipinski definition) is 2. The van der Waals surface area contributed by atoms with Gasteiger partial charge in [-0.2, -0.15) is 0 Å². The molecule has 0 aliphatic rings. The fourth-order valence-electron chi connectivity index (χ4n) is 0.780. The molecule has 1 atom stereocenters. The van der Waals surface area contributed by atoms with Gasteiger partial charge < -0.3 is 4.74 Å². The zero-order valence-corrected chi connectivity index (χ0v) is 11.4. The standard InChI is InChI=1S/C8H18O2Si2/c1-7(2)8(9)10-5-4-6-12(3)11/h12H,1,4-6H2,2-3,11H3. The van der Waals surface area contributed by atoms with Crippen LogP contribution in [0.4, 0.5) is 0 Å². The SMILES string of the molecule is C=C(C)C(=O)OCCC[SiH](C)[SiH3]. The normalized spacial score (nSPS) is 12.5. The molecule has 0 aromatic heterocycles. The Morgan fingerprint density at radius 1 is 1.67 bits per heavy atom. The third kappa shape index (κ3) is 6.36. The van der Waals surface area contributed by atoms with E-state index in [1.165, 1.54) is 15.8 Å². The van der Waals surface area contributed by atoms with Crippen LogP contribution in [0.25, 0.3) is 0 Å². The molecule has 4 heteroatoms. The molecule has 0 aromatic rings. The van der Waals surface area contributed by atoms with Gasteiger partial charge in [0, 0.05) is 13.9 Å². The van der Waals surface area contributed by atoms with E-state index in [1.807, 2.05) is 0 Å². The van der Waals surface area contributed by atoms with E-state index in [1.54, 1.807) is 6.92 Å². The van der Waals surface area contributed by atoms with Crippen LogP contribution in [0, 0.1) is 0 Å². The molecule has 2 nitrogen and oxygen atoms in total. The van der Waals surface area contributed by atoms with Gasteiger partial charge in [0.1, 0.15) is 0 Å². The molecule has 1 unspecified atom stereocenters. The van der Waals surface area contributed by atoms with Crippen molar-refractivity contribution in [3.05, 3.63) is 12.2 Å². The monoisotopic (exact) mass is 202 g/mol. The second-order valence-electron chi connectivity index (χ2n) is 3.45. The van der Waals surface area contributed by atoms with E-state index in [0.717, 1.165) is 6.42 Å². The molecule has 0 saturated carbocycles. The summed E-state index contributed by atoms with van der Waals surface area (Å²) in [5, 5.41) is 0. The van der Waals surface area contributed by atoms with Gasteiger partial charge in [0.25, 0.3) is 0 Å². The van der Waals surface area contributed by atoms with Gasteiger partial charge >= 0.3 is 5.97 Å². The third-order valence-corrected chi connectivity index (χ3v) is 4.80. The lowest BCUT2D eigenvalue weighted by Crippen LogP contribution is -2.10. The van der Waals surface area contributed by atoms with Crippen molar-refractivity contribution in [1.29, 1.82) is 0 Å². The molecular formula is C8H18O2Si2. The van der Waals surface area contributed by atoms with Crippen molar-refractivity contribution in [2.24, 2.45) is 0 Å². The molecular weight excluding hydrogens is 184 g/mol. The van der Waals surface area contributed by atoms with Crippen LogP contribution in [0.1, 0.15) is 13.3 Å². The van der Waals surface area contributed by atoms with Gasteiger partial charge in [0.15, 0.2) is 0 Å². The Balaban J connectivity index is 3.32. The quantitative estimate of drug-likeness (QED) is 0.276. The first-order valence-electron chi connectivity index (χ1n) is 4.36. The number of rotatable bonds is 5. The molecule has 0 aromatic carbocycles. The van der Waals surface area contributed by atoms with Gasteiger partial charge in [0.05, 0.1) is 6.61 Å². The molecule has 70 valence electrons. The van der Waals surface area contributed by atoms with Crippen molar-refractivity contribution in [3.63, 3.8) is 0 Å². The molecule has 0 saturated heterocycles. The van der Waals surface area contributed by atoms with Crippen LogP contribution in [0.2, 0.25) is 12.6 Å². The summed E-state index contributed by atoms with van der Waals surface area (Å²) >= 11 is 0. The smallest absolute Gasteiger partial charge is 0.333 e. The highest BCUT2D eigenvalue weighted by atomic mass is 29.1. The summed E-state index contributed by atoms with van der Waals surface area (Å²) in [6.07, 6.45) is 1.04. The maximum Gasteiger partial charge on any atom is 0.333 e. The van der Waals surface area contributed by atoms with Gasteiger partial charge in [-0.1, -0.05) is 19.2 Å². The van der Waals surface area contributed by atoms with Crippen LogP contribution in [-0.4, -0.2) is 30.7 Å². The zero-order chi connectivity index (χ0) is 9.56. The van der Waals surface area contributed by atoms with Crippen molar-refractivity contribution < 1.29 is 9.53 Å². The molecule has 12 heavy (non-hydrogen) atoms. The minimum Gasteiger partial charge on any atom is -0.462 e. The second-order valence-corrected chi connectivity index (χ2v) is 12.7. The van der Waals surface area contributed by atoms with Gasteiger partial charge in [-0.05, 0) is 23.1 Å². The van der Waals surface area contributed by atoms with Crippen molar-refractivity contribution in [2.75, 3.05) is 6.61 Å². The summed E-state index contributed by atoms with van der Waals surface area (Å²) < 4.78 is 4.95. The third-order valence-electron chi connectivity index (χ3n) is 1.51. The van der Waals surface area contributed by atoms with Gasteiger partial charge in [0.2, 0.25) is 0 Å². The Bertz CT molecular complexity index is 166. The Kier molecular flexibility index (Phi) is 6.01. The predicted octanol–water partition coefficient (Wildman–Crippen LogP) is 0.215.